The van der Waals surface area contributed by atoms with E-state index in [0.29, 0.717) is 17.2 Å². The van der Waals surface area contributed by atoms with Crippen molar-refractivity contribution in [3.05, 3.63) is 45.5 Å². The van der Waals surface area contributed by atoms with Crippen LogP contribution in [0.1, 0.15) is 16.8 Å². The lowest BCUT2D eigenvalue weighted by Crippen LogP contribution is -2.20. The van der Waals surface area contributed by atoms with E-state index in [1.165, 1.54) is 0 Å². The maximum Gasteiger partial charge on any atom is 0.308 e. The molecule has 0 saturated heterocycles. The molecule has 0 spiro atoms. The summed E-state index contributed by atoms with van der Waals surface area (Å²) in [5, 5.41) is 8.75. The molecule has 2 heterocycles. The fourth-order valence-corrected chi connectivity index (χ4v) is 1.76. The number of carbonyl (C=O) groups is 1. The first kappa shape index (κ1) is 12.9. The molecule has 0 fully saturated rings. The number of carboxylic acid groups (broad SMARTS) is 1. The van der Waals surface area contributed by atoms with Gasteiger partial charge in [-0.15, -0.1) is 0 Å². The van der Waals surface area contributed by atoms with Crippen LogP contribution in [-0.2, 0) is 11.2 Å². The van der Waals surface area contributed by atoms with E-state index in [4.69, 9.17) is 5.11 Å². The Morgan fingerprint density at radius 1 is 1.42 bits per heavy atom. The van der Waals surface area contributed by atoms with Gasteiger partial charge in [-0.2, -0.15) is 0 Å². The predicted molar refractivity (Wildman–Crippen MR) is 68.9 cm³/mol. The van der Waals surface area contributed by atoms with Gasteiger partial charge in [-0.3, -0.25) is 14.6 Å². The summed E-state index contributed by atoms with van der Waals surface area (Å²) in [4.78, 5) is 33.5. The Kier molecular flexibility index (Phi) is 3.41. The van der Waals surface area contributed by atoms with Crippen LogP contribution >= 0.6 is 0 Å². The zero-order chi connectivity index (χ0) is 14.0. The quantitative estimate of drug-likeness (QED) is 0.859. The van der Waals surface area contributed by atoms with Crippen molar-refractivity contribution in [1.29, 1.82) is 0 Å². The van der Waals surface area contributed by atoms with E-state index < -0.39 is 11.5 Å². The maximum atomic E-state index is 11.9. The van der Waals surface area contributed by atoms with Crippen LogP contribution in [0.5, 0.6) is 0 Å². The normalized spacial score (nSPS) is 10.4. The van der Waals surface area contributed by atoms with Gasteiger partial charge in [0.1, 0.15) is 5.69 Å². The van der Waals surface area contributed by atoms with Gasteiger partial charge in [0.15, 0.2) is 5.82 Å². The number of aryl methyl sites for hydroxylation is 2. The Labute approximate surface area is 109 Å². The van der Waals surface area contributed by atoms with E-state index in [-0.39, 0.29) is 12.0 Å². The molecule has 0 aromatic carbocycles. The van der Waals surface area contributed by atoms with E-state index in [0.717, 1.165) is 5.56 Å². The summed E-state index contributed by atoms with van der Waals surface area (Å²) in [5.41, 5.74) is 1.70. The molecule has 0 amide bonds. The highest BCUT2D eigenvalue weighted by atomic mass is 16.4. The monoisotopic (exact) mass is 259 g/mol. The van der Waals surface area contributed by atoms with Gasteiger partial charge in [0.2, 0.25) is 0 Å². The third kappa shape index (κ3) is 2.85. The zero-order valence-electron chi connectivity index (χ0n) is 10.6. The molecule has 0 bridgehead atoms. The van der Waals surface area contributed by atoms with Crippen LogP contribution in [0.25, 0.3) is 11.5 Å². The largest absolute Gasteiger partial charge is 0.481 e. The van der Waals surface area contributed by atoms with Crippen molar-refractivity contribution in [2.24, 2.45) is 0 Å². The second kappa shape index (κ2) is 5.01. The number of hydrogen-bond acceptors (Lipinski definition) is 4. The van der Waals surface area contributed by atoms with Crippen LogP contribution in [0.3, 0.4) is 0 Å². The predicted octanol–water partition coefficient (Wildman–Crippen LogP) is 1.08. The first-order valence-corrected chi connectivity index (χ1v) is 5.72. The van der Waals surface area contributed by atoms with Gasteiger partial charge in [0.25, 0.3) is 5.56 Å². The summed E-state index contributed by atoms with van der Waals surface area (Å²) < 4.78 is 0. The molecular weight excluding hydrogens is 246 g/mol. The molecule has 2 aromatic heterocycles. The summed E-state index contributed by atoms with van der Waals surface area (Å²) >= 11 is 0. The lowest BCUT2D eigenvalue weighted by molar-refractivity contribution is -0.136. The summed E-state index contributed by atoms with van der Waals surface area (Å²) in [5.74, 6) is -0.711. The van der Waals surface area contributed by atoms with Gasteiger partial charge < -0.3 is 10.1 Å². The van der Waals surface area contributed by atoms with Gasteiger partial charge in [0, 0.05) is 17.5 Å². The summed E-state index contributed by atoms with van der Waals surface area (Å²) in [7, 11) is 0. The van der Waals surface area contributed by atoms with Gasteiger partial charge >= 0.3 is 5.97 Å². The molecule has 6 nitrogen and oxygen atoms in total. The Balaban J connectivity index is 2.51. The van der Waals surface area contributed by atoms with Crippen molar-refractivity contribution in [3.8, 4) is 11.5 Å². The van der Waals surface area contributed by atoms with Crippen LogP contribution in [0.4, 0.5) is 0 Å². The maximum absolute atomic E-state index is 11.9. The number of aromatic amines is 1. The van der Waals surface area contributed by atoms with Crippen LogP contribution in [0, 0.1) is 13.8 Å². The van der Waals surface area contributed by atoms with Crippen LogP contribution in [0.2, 0.25) is 0 Å². The number of aliphatic carboxylic acids is 1. The molecule has 0 aliphatic rings. The van der Waals surface area contributed by atoms with E-state index in [9.17, 15) is 9.59 Å². The third-order valence-corrected chi connectivity index (χ3v) is 2.71. The molecule has 0 aliphatic carbocycles. The number of pyridine rings is 1. The molecule has 2 N–H and O–H groups in total. The second-order valence-electron chi connectivity index (χ2n) is 4.27. The van der Waals surface area contributed by atoms with Gasteiger partial charge in [-0.25, -0.2) is 4.98 Å². The summed E-state index contributed by atoms with van der Waals surface area (Å²) in [6, 6.07) is 3.64. The number of aromatic nitrogens is 3. The third-order valence-electron chi connectivity index (χ3n) is 2.71. The van der Waals surface area contributed by atoms with Gasteiger partial charge in [-0.05, 0) is 31.5 Å². The molecule has 6 heteroatoms. The van der Waals surface area contributed by atoms with E-state index in [1.54, 1.807) is 19.2 Å². The Bertz CT molecular complexity index is 692. The average Bonchev–Trinajstić information content (AvgIpc) is 2.33. The molecule has 0 aliphatic heterocycles. The first-order chi connectivity index (χ1) is 8.97. The number of H-pyrrole nitrogens is 1. The number of nitrogens with zero attached hydrogens (tertiary/aromatic N) is 2. The van der Waals surface area contributed by atoms with Crippen LogP contribution in [0.15, 0.2) is 23.1 Å². The minimum absolute atomic E-state index is 0.170. The molecule has 0 unspecified atom stereocenters. The average molecular weight is 259 g/mol. The Morgan fingerprint density at radius 3 is 2.74 bits per heavy atom. The highest BCUT2D eigenvalue weighted by Crippen LogP contribution is 2.13. The van der Waals surface area contributed by atoms with Crippen molar-refractivity contribution >= 4 is 5.97 Å². The molecule has 2 rings (SSSR count). The minimum Gasteiger partial charge on any atom is -0.481 e. The smallest absolute Gasteiger partial charge is 0.308 e. The van der Waals surface area contributed by atoms with Crippen LogP contribution < -0.4 is 5.56 Å². The molecule has 0 atom stereocenters. The Morgan fingerprint density at radius 2 is 2.16 bits per heavy atom. The molecule has 0 radical (unpaired) electrons. The van der Waals surface area contributed by atoms with Crippen molar-refractivity contribution in [3.63, 3.8) is 0 Å². The summed E-state index contributed by atoms with van der Waals surface area (Å²) in [6.07, 6.45) is 1.29. The number of nitrogens with one attached hydrogen (secondary N) is 1. The number of carboxylic acids is 1. The molecular formula is C13H13N3O3. The fraction of sp³-hybridized carbons (Fsp3) is 0.231. The van der Waals surface area contributed by atoms with Crippen molar-refractivity contribution in [2.45, 2.75) is 20.3 Å². The topological polar surface area (TPSA) is 95.9 Å². The fourth-order valence-electron chi connectivity index (χ4n) is 1.76. The van der Waals surface area contributed by atoms with E-state index >= 15 is 0 Å². The molecule has 2 aromatic rings. The van der Waals surface area contributed by atoms with Gasteiger partial charge in [0.05, 0.1) is 6.42 Å². The minimum atomic E-state index is -1.06. The SMILES string of the molecule is Cc1ccnc(-c2nc(C)c(CC(=O)O)c(=O)[nH]2)c1. The lowest BCUT2D eigenvalue weighted by Gasteiger charge is -2.05. The Hall–Kier alpha value is -2.50. The van der Waals surface area contributed by atoms with Crippen LogP contribution in [-0.4, -0.2) is 26.0 Å². The van der Waals surface area contributed by atoms with Gasteiger partial charge in [-0.1, -0.05) is 0 Å². The highest BCUT2D eigenvalue weighted by molar-refractivity contribution is 5.70. The van der Waals surface area contributed by atoms with Crippen molar-refractivity contribution in [2.75, 3.05) is 0 Å². The number of hydrogen-bond donors (Lipinski definition) is 2. The molecule has 98 valence electrons. The lowest BCUT2D eigenvalue weighted by atomic mass is 10.1. The zero-order valence-corrected chi connectivity index (χ0v) is 10.6. The van der Waals surface area contributed by atoms with Crippen molar-refractivity contribution < 1.29 is 9.90 Å². The molecule has 0 saturated carbocycles. The van der Waals surface area contributed by atoms with Crippen molar-refractivity contribution in [1.82, 2.24) is 15.0 Å². The first-order valence-electron chi connectivity index (χ1n) is 5.72. The summed E-state index contributed by atoms with van der Waals surface area (Å²) in [6.45, 7) is 3.53. The number of rotatable bonds is 3. The van der Waals surface area contributed by atoms with E-state index in [1.807, 2.05) is 13.0 Å². The second-order valence-corrected chi connectivity index (χ2v) is 4.27. The molecule has 19 heavy (non-hydrogen) atoms. The highest BCUT2D eigenvalue weighted by Gasteiger charge is 2.13. The standard InChI is InChI=1S/C13H13N3O3/c1-7-3-4-14-10(5-7)12-15-8(2)9(6-11(17)18)13(19)16-12/h3-5H,6H2,1-2H3,(H,17,18)(H,15,16,19). The van der Waals surface area contributed by atoms with E-state index in [2.05, 4.69) is 15.0 Å².